The second kappa shape index (κ2) is 8.79. The number of aromatic nitrogens is 4. The smallest absolute Gasteiger partial charge is 0.241 e. The van der Waals surface area contributed by atoms with Crippen LogP contribution in [0.5, 0.6) is 11.6 Å². The van der Waals surface area contributed by atoms with Crippen LogP contribution in [0.25, 0.3) is 29.1 Å². The second-order valence-electron chi connectivity index (χ2n) is 6.95. The van der Waals surface area contributed by atoms with Crippen molar-refractivity contribution in [2.45, 2.75) is 13.3 Å². The van der Waals surface area contributed by atoms with Gasteiger partial charge < -0.3 is 9.47 Å². The molecule has 0 aliphatic carbocycles. The number of ether oxygens (including phenoxy) is 2. The standard InChI is InChI=1S/C24H23N5O2/c1-16(26-23-18-9-5-6-10-19(18)24(31-4)28-27-23)13-14-20-17(2)25-15-29(20)21-11-7-8-12-22(21)30-3/h5-12,14-15H,2,13H2,1,3-4H3/b20-14+,26-16?. The lowest BCUT2D eigenvalue weighted by molar-refractivity contribution is 0.398. The Morgan fingerprint density at radius 2 is 1.77 bits per heavy atom. The molecule has 0 atom stereocenters. The van der Waals surface area contributed by atoms with Crippen LogP contribution in [0.15, 0.2) is 59.9 Å². The fourth-order valence-electron chi connectivity index (χ4n) is 3.40. The first-order valence-corrected chi connectivity index (χ1v) is 9.82. The fraction of sp³-hybridized carbons (Fsp3) is 0.167. The summed E-state index contributed by atoms with van der Waals surface area (Å²) in [5.41, 5.74) is 1.79. The number of hydrogen-bond acceptors (Lipinski definition) is 6. The number of hydrogen-bond donors (Lipinski definition) is 0. The van der Waals surface area contributed by atoms with Crippen molar-refractivity contribution in [3.63, 3.8) is 0 Å². The molecule has 7 nitrogen and oxygen atoms in total. The van der Waals surface area contributed by atoms with E-state index in [2.05, 4.69) is 27.8 Å². The number of para-hydroxylation sites is 2. The van der Waals surface area contributed by atoms with Gasteiger partial charge in [-0.25, -0.2) is 9.98 Å². The van der Waals surface area contributed by atoms with Crippen molar-refractivity contribution in [2.24, 2.45) is 4.99 Å². The van der Waals surface area contributed by atoms with Gasteiger partial charge in [-0.2, -0.15) is 0 Å². The average Bonchev–Trinajstić information content (AvgIpc) is 3.18. The topological polar surface area (TPSA) is 74.4 Å². The Kier molecular flexibility index (Phi) is 5.75. The van der Waals surface area contributed by atoms with Crippen molar-refractivity contribution in [1.29, 1.82) is 0 Å². The van der Waals surface area contributed by atoms with Crippen molar-refractivity contribution >= 4 is 35.0 Å². The Morgan fingerprint density at radius 3 is 2.55 bits per heavy atom. The van der Waals surface area contributed by atoms with Gasteiger partial charge in [0.25, 0.3) is 0 Å². The van der Waals surface area contributed by atoms with Gasteiger partial charge in [-0.15, -0.1) is 10.2 Å². The van der Waals surface area contributed by atoms with Crippen molar-refractivity contribution in [3.8, 4) is 17.3 Å². The Morgan fingerprint density at radius 1 is 1.03 bits per heavy atom. The van der Waals surface area contributed by atoms with E-state index in [-0.39, 0.29) is 0 Å². The van der Waals surface area contributed by atoms with E-state index in [0.717, 1.165) is 33.3 Å². The lowest BCUT2D eigenvalue weighted by atomic mass is 10.2. The van der Waals surface area contributed by atoms with Crippen molar-refractivity contribution in [3.05, 3.63) is 65.6 Å². The third-order valence-corrected chi connectivity index (χ3v) is 4.94. The van der Waals surface area contributed by atoms with Crippen LogP contribution in [-0.2, 0) is 0 Å². The van der Waals surface area contributed by atoms with Crippen LogP contribution in [0.2, 0.25) is 0 Å². The van der Waals surface area contributed by atoms with Gasteiger partial charge in [0, 0.05) is 22.9 Å². The largest absolute Gasteiger partial charge is 0.495 e. The van der Waals surface area contributed by atoms with Gasteiger partial charge in [0.15, 0.2) is 5.82 Å². The molecule has 2 aromatic heterocycles. The molecule has 156 valence electrons. The minimum Gasteiger partial charge on any atom is -0.495 e. The molecule has 0 bridgehead atoms. The zero-order valence-electron chi connectivity index (χ0n) is 17.7. The molecular formula is C24H23N5O2. The van der Waals surface area contributed by atoms with Crippen LogP contribution < -0.4 is 20.2 Å². The number of aliphatic imine (C=N–C) groups is 1. The summed E-state index contributed by atoms with van der Waals surface area (Å²) in [6.45, 7) is 6.03. The SMILES string of the molecule is C=c1ncn(-c2ccccc2OC)/c1=C/CC(C)=Nc1nnc(OC)c2ccccc12. The number of imidazole rings is 1. The summed E-state index contributed by atoms with van der Waals surface area (Å²) >= 11 is 0. The molecule has 0 saturated heterocycles. The predicted molar refractivity (Wildman–Crippen MR) is 123 cm³/mol. The van der Waals surface area contributed by atoms with E-state index in [1.165, 1.54) is 0 Å². The maximum absolute atomic E-state index is 5.50. The lowest BCUT2D eigenvalue weighted by Crippen LogP contribution is -2.28. The van der Waals surface area contributed by atoms with Gasteiger partial charge in [-0.1, -0.05) is 43.0 Å². The minimum absolute atomic E-state index is 0.487. The van der Waals surface area contributed by atoms with Crippen molar-refractivity contribution < 1.29 is 9.47 Å². The number of fused-ring (bicyclic) bond motifs is 1. The molecule has 0 saturated carbocycles. The molecule has 0 unspecified atom stereocenters. The Labute approximate surface area is 180 Å². The van der Waals surface area contributed by atoms with Gasteiger partial charge in [-0.3, -0.25) is 4.57 Å². The van der Waals surface area contributed by atoms with Gasteiger partial charge in [0.05, 0.1) is 30.6 Å². The molecule has 0 aliphatic rings. The summed E-state index contributed by atoms with van der Waals surface area (Å²) < 4.78 is 12.8. The molecule has 0 spiro atoms. The van der Waals surface area contributed by atoms with Crippen molar-refractivity contribution in [1.82, 2.24) is 19.7 Å². The molecule has 0 radical (unpaired) electrons. The van der Waals surface area contributed by atoms with E-state index in [4.69, 9.17) is 14.5 Å². The van der Waals surface area contributed by atoms with Crippen LogP contribution in [0, 0.1) is 0 Å². The van der Waals surface area contributed by atoms with E-state index >= 15 is 0 Å². The third-order valence-electron chi connectivity index (χ3n) is 4.94. The Bertz CT molecular complexity index is 1370. The van der Waals surface area contributed by atoms with Crippen LogP contribution in [-0.4, -0.2) is 39.7 Å². The van der Waals surface area contributed by atoms with Gasteiger partial charge in [0.2, 0.25) is 5.88 Å². The molecule has 7 heteroatoms. The first kappa shape index (κ1) is 20.3. The van der Waals surface area contributed by atoms with E-state index in [9.17, 15) is 0 Å². The predicted octanol–water partition coefficient (Wildman–Crippen LogP) is 3.21. The van der Waals surface area contributed by atoms with Crippen LogP contribution in [0.4, 0.5) is 5.82 Å². The Balaban J connectivity index is 1.71. The summed E-state index contributed by atoms with van der Waals surface area (Å²) in [5, 5.41) is 11.7. The Hall–Kier alpha value is -4.00. The molecule has 0 N–H and O–H groups in total. The summed E-state index contributed by atoms with van der Waals surface area (Å²) in [7, 11) is 3.24. The quantitative estimate of drug-likeness (QED) is 0.454. The lowest BCUT2D eigenvalue weighted by Gasteiger charge is -2.09. The molecule has 0 amide bonds. The number of nitrogens with zero attached hydrogens (tertiary/aromatic N) is 5. The molecule has 4 aromatic rings. The van der Waals surface area contributed by atoms with Gasteiger partial charge in [0.1, 0.15) is 12.1 Å². The summed E-state index contributed by atoms with van der Waals surface area (Å²) in [4.78, 5) is 9.09. The normalized spacial score (nSPS) is 12.4. The van der Waals surface area contributed by atoms with Gasteiger partial charge in [-0.05, 0) is 25.1 Å². The summed E-state index contributed by atoms with van der Waals surface area (Å²) in [5.74, 6) is 1.82. The zero-order chi connectivity index (χ0) is 21.8. The molecule has 2 heterocycles. The first-order chi connectivity index (χ1) is 15.1. The molecule has 31 heavy (non-hydrogen) atoms. The minimum atomic E-state index is 0.487. The zero-order valence-corrected chi connectivity index (χ0v) is 17.7. The fourth-order valence-corrected chi connectivity index (χ4v) is 3.40. The van der Waals surface area contributed by atoms with Crippen molar-refractivity contribution in [2.75, 3.05) is 14.2 Å². The highest BCUT2D eigenvalue weighted by Gasteiger charge is 2.09. The highest BCUT2D eigenvalue weighted by molar-refractivity contribution is 5.97. The van der Waals surface area contributed by atoms with Gasteiger partial charge >= 0.3 is 0 Å². The third kappa shape index (κ3) is 4.02. The monoisotopic (exact) mass is 413 g/mol. The second-order valence-corrected chi connectivity index (χ2v) is 6.95. The maximum Gasteiger partial charge on any atom is 0.241 e. The van der Waals surface area contributed by atoms with E-state index < -0.39 is 0 Å². The number of rotatable bonds is 6. The average molecular weight is 413 g/mol. The number of benzene rings is 2. The van der Waals surface area contributed by atoms with E-state index in [1.807, 2.05) is 60.0 Å². The molecule has 0 aliphatic heterocycles. The molecule has 0 fully saturated rings. The molecule has 4 rings (SSSR count). The first-order valence-electron chi connectivity index (χ1n) is 9.82. The number of methoxy groups -OCH3 is 2. The maximum atomic E-state index is 5.50. The highest BCUT2D eigenvalue weighted by atomic mass is 16.5. The van der Waals surface area contributed by atoms with Crippen LogP contribution in [0.1, 0.15) is 13.3 Å². The highest BCUT2D eigenvalue weighted by Crippen LogP contribution is 2.29. The van der Waals surface area contributed by atoms with Crippen LogP contribution in [0.3, 0.4) is 0 Å². The van der Waals surface area contributed by atoms with E-state index in [1.54, 1.807) is 20.5 Å². The van der Waals surface area contributed by atoms with E-state index in [0.29, 0.717) is 23.5 Å². The summed E-state index contributed by atoms with van der Waals surface area (Å²) in [6, 6.07) is 15.6. The summed E-state index contributed by atoms with van der Waals surface area (Å²) in [6.07, 6.45) is 4.41. The molecule has 2 aromatic carbocycles. The van der Waals surface area contributed by atoms with Crippen LogP contribution >= 0.6 is 0 Å². The molecular weight excluding hydrogens is 390 g/mol.